The smallest absolute Gasteiger partial charge is 0.280 e. The highest BCUT2D eigenvalue weighted by atomic mass is 35.5. The molecule has 1 aromatic heterocycles. The van der Waals surface area contributed by atoms with Crippen LogP contribution in [0.4, 0.5) is 0 Å². The van der Waals surface area contributed by atoms with Gasteiger partial charge in [-0.3, -0.25) is 4.79 Å². The largest absolute Gasteiger partial charge is 0.300 e. The monoisotopic (exact) mass is 290 g/mol. The molecule has 0 spiro atoms. The lowest BCUT2D eigenvalue weighted by molar-refractivity contribution is 1.02. The molecule has 3 aromatic rings. The zero-order chi connectivity index (χ0) is 13.4. The molecule has 0 bridgehead atoms. The van der Waals surface area contributed by atoms with Gasteiger partial charge in [-0.1, -0.05) is 35.3 Å². The summed E-state index contributed by atoms with van der Waals surface area (Å²) in [7, 11) is 0. The fourth-order valence-corrected chi connectivity index (χ4v) is 2.24. The quantitative estimate of drug-likeness (QED) is 0.685. The number of para-hydroxylation sites is 1. The maximum atomic E-state index is 11.7. The first-order valence-electron chi connectivity index (χ1n) is 5.58. The van der Waals surface area contributed by atoms with Crippen LogP contribution >= 0.6 is 23.2 Å². The first-order chi connectivity index (χ1) is 9.16. The van der Waals surface area contributed by atoms with Crippen molar-refractivity contribution < 1.29 is 0 Å². The molecule has 0 aliphatic carbocycles. The highest BCUT2D eigenvalue weighted by Gasteiger charge is 2.06. The molecule has 0 aliphatic heterocycles. The van der Waals surface area contributed by atoms with Crippen molar-refractivity contribution in [2.24, 2.45) is 0 Å². The Labute approximate surface area is 119 Å². The molecule has 1 heterocycles. The van der Waals surface area contributed by atoms with E-state index in [0.717, 1.165) is 11.2 Å². The SMILES string of the molecule is O=c1ncn(-c2ccc(Cl)c(Cl)c2)c2ccccc12. The summed E-state index contributed by atoms with van der Waals surface area (Å²) in [5.74, 6) is 0. The summed E-state index contributed by atoms with van der Waals surface area (Å²) in [6.45, 7) is 0. The summed E-state index contributed by atoms with van der Waals surface area (Å²) < 4.78 is 1.80. The fraction of sp³-hybridized carbons (Fsp3) is 0. The van der Waals surface area contributed by atoms with E-state index in [2.05, 4.69) is 4.98 Å². The van der Waals surface area contributed by atoms with Crippen molar-refractivity contribution in [2.75, 3.05) is 0 Å². The Balaban J connectivity index is 2.34. The van der Waals surface area contributed by atoms with Crippen molar-refractivity contribution in [3.63, 3.8) is 0 Å². The second kappa shape index (κ2) is 4.68. The summed E-state index contributed by atoms with van der Waals surface area (Å²) in [6, 6.07) is 12.6. The van der Waals surface area contributed by atoms with Crippen LogP contribution in [0.25, 0.3) is 16.6 Å². The molecule has 3 nitrogen and oxygen atoms in total. The van der Waals surface area contributed by atoms with E-state index in [4.69, 9.17) is 23.2 Å². The Kier molecular flexibility index (Phi) is 3.01. The molecule has 0 unspecified atom stereocenters. The Morgan fingerprint density at radius 2 is 1.79 bits per heavy atom. The summed E-state index contributed by atoms with van der Waals surface area (Å²) in [5, 5.41) is 1.52. The van der Waals surface area contributed by atoms with Crippen molar-refractivity contribution in [2.45, 2.75) is 0 Å². The minimum absolute atomic E-state index is 0.244. The molecule has 2 aromatic carbocycles. The van der Waals surface area contributed by atoms with Gasteiger partial charge in [0.1, 0.15) is 6.33 Å². The van der Waals surface area contributed by atoms with Crippen LogP contribution in [-0.4, -0.2) is 9.55 Å². The fourth-order valence-electron chi connectivity index (χ4n) is 1.95. The number of nitrogens with zero attached hydrogens (tertiary/aromatic N) is 2. The predicted molar refractivity (Wildman–Crippen MR) is 77.4 cm³/mol. The van der Waals surface area contributed by atoms with Gasteiger partial charge < -0.3 is 4.57 Å². The van der Waals surface area contributed by atoms with Crippen LogP contribution in [0, 0.1) is 0 Å². The van der Waals surface area contributed by atoms with E-state index in [-0.39, 0.29) is 5.56 Å². The molecular weight excluding hydrogens is 283 g/mol. The van der Waals surface area contributed by atoms with Crippen molar-refractivity contribution in [1.29, 1.82) is 0 Å². The third kappa shape index (κ3) is 2.11. The lowest BCUT2D eigenvalue weighted by atomic mass is 10.2. The molecule has 0 N–H and O–H groups in total. The maximum Gasteiger partial charge on any atom is 0.280 e. The molecule has 0 amide bonds. The van der Waals surface area contributed by atoms with E-state index in [0.29, 0.717) is 15.4 Å². The van der Waals surface area contributed by atoms with E-state index >= 15 is 0 Å². The molecule has 0 radical (unpaired) electrons. The first-order valence-corrected chi connectivity index (χ1v) is 6.34. The average Bonchev–Trinajstić information content (AvgIpc) is 2.43. The average molecular weight is 291 g/mol. The lowest BCUT2D eigenvalue weighted by Gasteiger charge is -2.10. The van der Waals surface area contributed by atoms with Gasteiger partial charge in [0, 0.05) is 5.69 Å². The Hall–Kier alpha value is -1.84. The molecular formula is C14H8Cl2N2O. The van der Waals surface area contributed by atoms with E-state index in [1.807, 2.05) is 24.3 Å². The van der Waals surface area contributed by atoms with Crippen molar-refractivity contribution in [3.8, 4) is 5.69 Å². The van der Waals surface area contributed by atoms with Crippen LogP contribution in [0.1, 0.15) is 0 Å². The van der Waals surface area contributed by atoms with Gasteiger partial charge in [0.2, 0.25) is 0 Å². The van der Waals surface area contributed by atoms with Crippen LogP contribution in [0.15, 0.2) is 53.6 Å². The Morgan fingerprint density at radius 3 is 2.58 bits per heavy atom. The molecule has 0 fully saturated rings. The van der Waals surface area contributed by atoms with E-state index in [9.17, 15) is 4.79 Å². The van der Waals surface area contributed by atoms with Crippen LogP contribution < -0.4 is 5.56 Å². The van der Waals surface area contributed by atoms with Gasteiger partial charge >= 0.3 is 0 Å². The van der Waals surface area contributed by atoms with Crippen molar-refractivity contribution in [3.05, 3.63) is 69.2 Å². The molecule has 0 saturated carbocycles. The van der Waals surface area contributed by atoms with Crippen LogP contribution in [0.3, 0.4) is 0 Å². The van der Waals surface area contributed by atoms with Crippen molar-refractivity contribution >= 4 is 34.1 Å². The summed E-state index contributed by atoms with van der Waals surface area (Å²) in [4.78, 5) is 15.6. The number of aromatic nitrogens is 2. The normalized spacial score (nSPS) is 10.8. The first kappa shape index (κ1) is 12.2. The minimum atomic E-state index is -0.244. The lowest BCUT2D eigenvalue weighted by Crippen LogP contribution is -2.11. The Bertz CT molecular complexity index is 827. The zero-order valence-corrected chi connectivity index (χ0v) is 11.2. The highest BCUT2D eigenvalue weighted by Crippen LogP contribution is 2.25. The number of benzene rings is 2. The van der Waals surface area contributed by atoms with Gasteiger partial charge in [0.25, 0.3) is 5.56 Å². The van der Waals surface area contributed by atoms with Gasteiger partial charge in [-0.05, 0) is 30.3 Å². The Morgan fingerprint density at radius 1 is 1.00 bits per heavy atom. The molecule has 3 rings (SSSR count). The maximum absolute atomic E-state index is 11.7. The van der Waals surface area contributed by atoms with Gasteiger partial charge in [-0.15, -0.1) is 0 Å². The summed E-state index contributed by atoms with van der Waals surface area (Å²) in [6.07, 6.45) is 1.49. The molecule has 5 heteroatoms. The number of hydrogen-bond donors (Lipinski definition) is 0. The van der Waals surface area contributed by atoms with E-state index in [1.165, 1.54) is 6.33 Å². The van der Waals surface area contributed by atoms with Gasteiger partial charge in [0.05, 0.1) is 20.9 Å². The zero-order valence-electron chi connectivity index (χ0n) is 9.68. The molecule has 19 heavy (non-hydrogen) atoms. The highest BCUT2D eigenvalue weighted by molar-refractivity contribution is 6.42. The van der Waals surface area contributed by atoms with E-state index in [1.54, 1.807) is 22.8 Å². The molecule has 94 valence electrons. The van der Waals surface area contributed by atoms with Gasteiger partial charge in [-0.25, -0.2) is 0 Å². The standard InChI is InChI=1S/C14H8Cl2N2O/c15-11-6-5-9(7-12(11)16)18-8-17-14(19)10-3-1-2-4-13(10)18/h1-8H. The number of rotatable bonds is 1. The third-order valence-electron chi connectivity index (χ3n) is 2.87. The second-order valence-electron chi connectivity index (χ2n) is 4.04. The number of halogens is 2. The van der Waals surface area contributed by atoms with Crippen molar-refractivity contribution in [1.82, 2.24) is 9.55 Å². The number of hydrogen-bond acceptors (Lipinski definition) is 2. The van der Waals surface area contributed by atoms with Gasteiger partial charge in [0.15, 0.2) is 0 Å². The minimum Gasteiger partial charge on any atom is -0.300 e. The van der Waals surface area contributed by atoms with Crippen LogP contribution in [-0.2, 0) is 0 Å². The molecule has 0 saturated heterocycles. The van der Waals surface area contributed by atoms with Gasteiger partial charge in [-0.2, -0.15) is 4.98 Å². The second-order valence-corrected chi connectivity index (χ2v) is 4.85. The van der Waals surface area contributed by atoms with Crippen LogP contribution in [0.5, 0.6) is 0 Å². The van der Waals surface area contributed by atoms with Crippen LogP contribution in [0.2, 0.25) is 10.0 Å². The summed E-state index contributed by atoms with van der Waals surface area (Å²) in [5.41, 5.74) is 1.34. The van der Waals surface area contributed by atoms with E-state index < -0.39 is 0 Å². The third-order valence-corrected chi connectivity index (χ3v) is 3.60. The predicted octanol–water partition coefficient (Wildman–Crippen LogP) is 3.69. The molecule has 0 aliphatic rings. The number of fused-ring (bicyclic) bond motifs is 1. The summed E-state index contributed by atoms with van der Waals surface area (Å²) >= 11 is 11.9. The topological polar surface area (TPSA) is 34.9 Å². The molecule has 0 atom stereocenters.